The number of benzene rings is 2. The van der Waals surface area contributed by atoms with Gasteiger partial charge in [-0.3, -0.25) is 9.79 Å². The van der Waals surface area contributed by atoms with Gasteiger partial charge < -0.3 is 30.2 Å². The fourth-order valence-corrected chi connectivity index (χ4v) is 3.57. The number of rotatable bonds is 8. The largest absolute Gasteiger partial charge is 0.494 e. The molecule has 1 heterocycles. The zero-order valence-corrected chi connectivity index (χ0v) is 18.2. The Morgan fingerprint density at radius 1 is 1.16 bits per heavy atom. The highest BCUT2D eigenvalue weighted by Crippen LogP contribution is 2.37. The Morgan fingerprint density at radius 3 is 2.35 bits per heavy atom. The van der Waals surface area contributed by atoms with E-state index in [-0.39, 0.29) is 11.8 Å². The van der Waals surface area contributed by atoms with E-state index < -0.39 is 0 Å². The fourth-order valence-electron chi connectivity index (χ4n) is 3.57. The Hall–Kier alpha value is -3.52. The van der Waals surface area contributed by atoms with E-state index in [9.17, 15) is 9.90 Å². The summed E-state index contributed by atoms with van der Waals surface area (Å²) in [7, 11) is 3.14. The Balaban J connectivity index is 2.03. The predicted molar refractivity (Wildman–Crippen MR) is 123 cm³/mol. The molecule has 8 nitrogen and oxygen atoms in total. The van der Waals surface area contributed by atoms with Crippen LogP contribution in [0.25, 0.3) is 10.9 Å². The first-order valence-corrected chi connectivity index (χ1v) is 10.1. The standard InChI is InChI=1S/C23H28N4O4/c1-5-18(25-15-6-8-16(9-7-15)27(11-10-24)14(2)28)22-17-12-20(30-3)21(31-4)13-19(17)26-23(22)29/h6-9,12-13,26,29H,5,10-11,24H2,1-4H3. The second kappa shape index (κ2) is 9.53. The first-order valence-electron chi connectivity index (χ1n) is 10.1. The van der Waals surface area contributed by atoms with Gasteiger partial charge in [0.25, 0.3) is 0 Å². The van der Waals surface area contributed by atoms with Gasteiger partial charge in [-0.1, -0.05) is 6.92 Å². The molecule has 0 aliphatic heterocycles. The van der Waals surface area contributed by atoms with Crippen LogP contribution in [0, 0.1) is 0 Å². The minimum absolute atomic E-state index is 0.0354. The van der Waals surface area contributed by atoms with Crippen LogP contribution in [-0.4, -0.2) is 49.0 Å². The van der Waals surface area contributed by atoms with E-state index in [1.54, 1.807) is 25.2 Å². The Morgan fingerprint density at radius 2 is 1.81 bits per heavy atom. The number of aromatic amines is 1. The summed E-state index contributed by atoms with van der Waals surface area (Å²) >= 11 is 0. The molecule has 2 aromatic carbocycles. The Labute approximate surface area is 181 Å². The summed E-state index contributed by atoms with van der Waals surface area (Å²) in [5, 5.41) is 11.4. The molecule has 31 heavy (non-hydrogen) atoms. The van der Waals surface area contributed by atoms with Gasteiger partial charge in [-0.15, -0.1) is 0 Å². The minimum atomic E-state index is -0.0657. The molecule has 0 spiro atoms. The van der Waals surface area contributed by atoms with E-state index in [0.717, 1.165) is 16.6 Å². The summed E-state index contributed by atoms with van der Waals surface area (Å²) < 4.78 is 10.8. The zero-order valence-electron chi connectivity index (χ0n) is 18.2. The van der Waals surface area contributed by atoms with Gasteiger partial charge in [-0.2, -0.15) is 0 Å². The van der Waals surface area contributed by atoms with Gasteiger partial charge in [0.1, 0.15) is 0 Å². The number of nitrogens with two attached hydrogens (primary N) is 1. The molecule has 0 bridgehead atoms. The third kappa shape index (κ3) is 4.49. The normalized spacial score (nSPS) is 11.6. The number of fused-ring (bicyclic) bond motifs is 1. The lowest BCUT2D eigenvalue weighted by Crippen LogP contribution is -2.33. The van der Waals surface area contributed by atoms with E-state index in [2.05, 4.69) is 4.98 Å². The SMILES string of the molecule is CCC(=Nc1ccc(N(CCN)C(C)=O)cc1)c1c(O)[nH]c2cc(OC)c(OC)cc12. The van der Waals surface area contributed by atoms with Gasteiger partial charge in [0.05, 0.1) is 36.7 Å². The molecule has 0 aliphatic carbocycles. The lowest BCUT2D eigenvalue weighted by molar-refractivity contribution is -0.116. The summed E-state index contributed by atoms with van der Waals surface area (Å²) in [5.74, 6) is 1.11. The van der Waals surface area contributed by atoms with E-state index in [1.807, 2.05) is 37.3 Å². The summed E-state index contributed by atoms with van der Waals surface area (Å²) in [6.45, 7) is 4.32. The van der Waals surface area contributed by atoms with Gasteiger partial charge in [0.15, 0.2) is 17.4 Å². The molecule has 1 amide bonds. The van der Waals surface area contributed by atoms with Crippen molar-refractivity contribution in [1.29, 1.82) is 0 Å². The van der Waals surface area contributed by atoms with Gasteiger partial charge in [-0.05, 0) is 36.8 Å². The van der Waals surface area contributed by atoms with Crippen LogP contribution in [0.4, 0.5) is 11.4 Å². The number of hydrogen-bond donors (Lipinski definition) is 3. The molecule has 4 N–H and O–H groups in total. The molecule has 3 aromatic rings. The molecule has 1 aromatic heterocycles. The van der Waals surface area contributed by atoms with Crippen LogP contribution < -0.4 is 20.1 Å². The number of anilines is 1. The van der Waals surface area contributed by atoms with Crippen LogP contribution in [0.15, 0.2) is 41.4 Å². The molecule has 0 radical (unpaired) electrons. The minimum Gasteiger partial charge on any atom is -0.494 e. The van der Waals surface area contributed by atoms with Crippen LogP contribution in [0.3, 0.4) is 0 Å². The second-order valence-electron chi connectivity index (χ2n) is 6.99. The molecule has 0 atom stereocenters. The van der Waals surface area contributed by atoms with Gasteiger partial charge in [0, 0.05) is 37.2 Å². The number of aliphatic imine (C=N–C) groups is 1. The number of carbonyl (C=O) groups excluding carboxylic acids is 1. The quantitative estimate of drug-likeness (QED) is 0.477. The van der Waals surface area contributed by atoms with Gasteiger partial charge in [0.2, 0.25) is 5.91 Å². The van der Waals surface area contributed by atoms with E-state index in [4.69, 9.17) is 20.2 Å². The molecule has 0 fully saturated rings. The van der Waals surface area contributed by atoms with Crippen molar-refractivity contribution in [3.63, 3.8) is 0 Å². The maximum absolute atomic E-state index is 11.9. The smallest absolute Gasteiger partial charge is 0.223 e. The highest BCUT2D eigenvalue weighted by Gasteiger charge is 2.19. The maximum atomic E-state index is 11.9. The number of nitrogens with one attached hydrogen (secondary N) is 1. The van der Waals surface area contributed by atoms with Gasteiger partial charge >= 0.3 is 0 Å². The van der Waals surface area contributed by atoms with E-state index >= 15 is 0 Å². The zero-order chi connectivity index (χ0) is 22.5. The monoisotopic (exact) mass is 424 g/mol. The number of aromatic nitrogens is 1. The molecule has 0 aliphatic rings. The van der Waals surface area contributed by atoms with Crippen molar-refractivity contribution < 1.29 is 19.4 Å². The Bertz CT molecular complexity index is 1100. The van der Waals surface area contributed by atoms with Crippen molar-refractivity contribution in [3.05, 3.63) is 42.0 Å². The maximum Gasteiger partial charge on any atom is 0.223 e. The van der Waals surface area contributed by atoms with Crippen molar-refractivity contribution >= 4 is 33.9 Å². The van der Waals surface area contributed by atoms with Crippen LogP contribution in [-0.2, 0) is 4.79 Å². The number of hydrogen-bond acceptors (Lipinski definition) is 6. The number of amides is 1. The van der Waals surface area contributed by atoms with Crippen molar-refractivity contribution in [1.82, 2.24) is 4.98 Å². The van der Waals surface area contributed by atoms with Crippen LogP contribution in [0.5, 0.6) is 17.4 Å². The molecule has 0 saturated heterocycles. The second-order valence-corrected chi connectivity index (χ2v) is 6.99. The first-order chi connectivity index (χ1) is 14.9. The number of nitrogens with zero attached hydrogens (tertiary/aromatic N) is 2. The highest BCUT2D eigenvalue weighted by molar-refractivity contribution is 6.14. The predicted octanol–water partition coefficient (Wildman–Crippen LogP) is 3.73. The molecular weight excluding hydrogens is 396 g/mol. The van der Waals surface area contributed by atoms with E-state index in [1.165, 1.54) is 6.92 Å². The number of aromatic hydroxyl groups is 1. The van der Waals surface area contributed by atoms with Crippen molar-refractivity contribution in [2.24, 2.45) is 10.7 Å². The number of ether oxygens (including phenoxy) is 2. The Kier molecular flexibility index (Phi) is 6.81. The third-order valence-corrected chi connectivity index (χ3v) is 5.06. The van der Waals surface area contributed by atoms with Crippen LogP contribution >= 0.6 is 0 Å². The summed E-state index contributed by atoms with van der Waals surface area (Å²) in [6, 6.07) is 11.0. The first kappa shape index (κ1) is 22.2. The highest BCUT2D eigenvalue weighted by atomic mass is 16.5. The lowest BCUT2D eigenvalue weighted by Gasteiger charge is -2.20. The molecule has 164 valence electrons. The van der Waals surface area contributed by atoms with Gasteiger partial charge in [-0.25, -0.2) is 0 Å². The van der Waals surface area contributed by atoms with Crippen molar-refractivity contribution in [2.75, 3.05) is 32.2 Å². The topological polar surface area (TPSA) is 113 Å². The summed E-state index contributed by atoms with van der Waals surface area (Å²) in [4.78, 5) is 21.2. The van der Waals surface area contributed by atoms with E-state index in [0.29, 0.717) is 48.0 Å². The fraction of sp³-hybridized carbons (Fsp3) is 0.304. The lowest BCUT2D eigenvalue weighted by atomic mass is 10.1. The van der Waals surface area contributed by atoms with Crippen molar-refractivity contribution in [2.45, 2.75) is 20.3 Å². The van der Waals surface area contributed by atoms with Crippen LogP contribution in [0.1, 0.15) is 25.8 Å². The number of carbonyl (C=O) groups is 1. The van der Waals surface area contributed by atoms with Crippen molar-refractivity contribution in [3.8, 4) is 17.4 Å². The molecule has 0 saturated carbocycles. The third-order valence-electron chi connectivity index (χ3n) is 5.06. The molecule has 0 unspecified atom stereocenters. The molecule has 3 rings (SSSR count). The summed E-state index contributed by atoms with van der Waals surface area (Å²) in [6.07, 6.45) is 0.601. The van der Waals surface area contributed by atoms with Crippen LogP contribution in [0.2, 0.25) is 0 Å². The summed E-state index contributed by atoms with van der Waals surface area (Å²) in [5.41, 5.74) is 9.15. The average Bonchev–Trinajstić information content (AvgIpc) is 3.09. The average molecular weight is 425 g/mol. The number of H-pyrrole nitrogens is 1. The molecular formula is C23H28N4O4. The number of methoxy groups -OCH3 is 2. The molecule has 8 heteroatoms.